The average molecular weight is 353 g/mol. The first-order valence-electron chi connectivity index (χ1n) is 4.71. The molecule has 0 bridgehead atoms. The molecule has 2 N–H and O–H groups in total. The number of imidazole rings is 1. The summed E-state index contributed by atoms with van der Waals surface area (Å²) in [4.78, 5) is 3.77. The third-order valence-corrected chi connectivity index (χ3v) is 3.14. The van der Waals surface area contributed by atoms with Gasteiger partial charge in [-0.25, -0.2) is 9.37 Å². The zero-order valence-electron chi connectivity index (χ0n) is 8.85. The van der Waals surface area contributed by atoms with Crippen molar-refractivity contribution in [3.05, 3.63) is 39.2 Å². The number of aromatic nitrogens is 2. The Bertz CT molecular complexity index is 707. The SMILES string of the molecule is N#Cc1ncn(-c2cc(F)c(I)cc2N)c1C#N. The Kier molecular flexibility index (Phi) is 3.17. The predicted octanol–water partition coefficient (Wildman–Crippen LogP) is 1.94. The molecule has 7 heteroatoms. The summed E-state index contributed by atoms with van der Waals surface area (Å²) < 4.78 is 15.2. The van der Waals surface area contributed by atoms with Gasteiger partial charge in [-0.15, -0.1) is 0 Å². The van der Waals surface area contributed by atoms with E-state index in [9.17, 15) is 4.39 Å². The van der Waals surface area contributed by atoms with E-state index in [0.717, 1.165) is 0 Å². The van der Waals surface area contributed by atoms with Gasteiger partial charge in [-0.3, -0.25) is 4.57 Å². The van der Waals surface area contributed by atoms with Crippen LogP contribution in [-0.2, 0) is 0 Å². The van der Waals surface area contributed by atoms with E-state index in [1.807, 2.05) is 28.7 Å². The molecular weight excluding hydrogens is 348 g/mol. The maximum atomic E-state index is 13.5. The number of rotatable bonds is 1. The molecule has 0 unspecified atom stereocenters. The Labute approximate surface area is 115 Å². The molecule has 0 aliphatic heterocycles. The van der Waals surface area contributed by atoms with Gasteiger partial charge in [0, 0.05) is 6.07 Å². The summed E-state index contributed by atoms with van der Waals surface area (Å²) in [5, 5.41) is 17.8. The van der Waals surface area contributed by atoms with Crippen molar-refractivity contribution in [2.45, 2.75) is 0 Å². The van der Waals surface area contributed by atoms with E-state index in [1.54, 1.807) is 6.07 Å². The first-order valence-corrected chi connectivity index (χ1v) is 5.78. The largest absolute Gasteiger partial charge is 0.397 e. The van der Waals surface area contributed by atoms with Crippen molar-refractivity contribution in [1.82, 2.24) is 9.55 Å². The fraction of sp³-hybridized carbons (Fsp3) is 0. The van der Waals surface area contributed by atoms with Crippen LogP contribution in [0.15, 0.2) is 18.5 Å². The van der Waals surface area contributed by atoms with Crippen molar-refractivity contribution < 1.29 is 4.39 Å². The Morgan fingerprint density at radius 3 is 2.67 bits per heavy atom. The van der Waals surface area contributed by atoms with Gasteiger partial charge < -0.3 is 5.73 Å². The van der Waals surface area contributed by atoms with Crippen molar-refractivity contribution >= 4 is 28.3 Å². The number of halogens is 2. The lowest BCUT2D eigenvalue weighted by Gasteiger charge is -2.08. The smallest absolute Gasteiger partial charge is 0.177 e. The van der Waals surface area contributed by atoms with E-state index in [-0.39, 0.29) is 11.4 Å². The van der Waals surface area contributed by atoms with Crippen molar-refractivity contribution in [3.63, 3.8) is 0 Å². The zero-order valence-corrected chi connectivity index (χ0v) is 11.0. The summed E-state index contributed by atoms with van der Waals surface area (Å²) in [5.41, 5.74) is 6.39. The second-order valence-corrected chi connectivity index (χ2v) is 4.52. The number of nitrogens with two attached hydrogens (primary N) is 1. The molecule has 0 atom stereocenters. The molecule has 1 aromatic carbocycles. The van der Waals surface area contributed by atoms with Crippen molar-refractivity contribution in [2.75, 3.05) is 5.73 Å². The third kappa shape index (κ3) is 1.89. The highest BCUT2D eigenvalue weighted by molar-refractivity contribution is 14.1. The van der Waals surface area contributed by atoms with Gasteiger partial charge in [0.05, 0.1) is 14.9 Å². The molecule has 18 heavy (non-hydrogen) atoms. The third-order valence-electron chi connectivity index (χ3n) is 2.31. The van der Waals surface area contributed by atoms with Gasteiger partial charge in [0.15, 0.2) is 11.4 Å². The van der Waals surface area contributed by atoms with Gasteiger partial charge in [0.1, 0.15) is 24.3 Å². The first-order chi connectivity index (χ1) is 8.58. The van der Waals surface area contributed by atoms with E-state index in [0.29, 0.717) is 14.9 Å². The second kappa shape index (κ2) is 4.63. The molecule has 88 valence electrons. The van der Waals surface area contributed by atoms with Crippen LogP contribution >= 0.6 is 22.6 Å². The van der Waals surface area contributed by atoms with Crippen molar-refractivity contribution in [3.8, 4) is 17.8 Å². The lowest BCUT2D eigenvalue weighted by molar-refractivity contribution is 0.619. The van der Waals surface area contributed by atoms with Crippen LogP contribution in [0.25, 0.3) is 5.69 Å². The number of nitriles is 2. The zero-order chi connectivity index (χ0) is 13.3. The molecule has 0 amide bonds. The fourth-order valence-corrected chi connectivity index (χ4v) is 1.97. The number of hydrogen-bond acceptors (Lipinski definition) is 4. The highest BCUT2D eigenvalue weighted by Gasteiger charge is 2.15. The van der Waals surface area contributed by atoms with E-state index in [4.69, 9.17) is 16.3 Å². The number of anilines is 1. The Balaban J connectivity index is 2.71. The van der Waals surface area contributed by atoms with Crippen LogP contribution in [0.1, 0.15) is 11.4 Å². The highest BCUT2D eigenvalue weighted by atomic mass is 127. The second-order valence-electron chi connectivity index (χ2n) is 3.36. The minimum Gasteiger partial charge on any atom is -0.397 e. The standard InChI is InChI=1S/C11H5FIN5/c12-6-1-10(8(16)2-7(6)13)18-5-17-9(3-14)11(18)4-15/h1-2,5H,16H2. The molecule has 0 aliphatic rings. The summed E-state index contributed by atoms with van der Waals surface area (Å²) in [6, 6.07) is 6.31. The minimum atomic E-state index is -0.448. The van der Waals surface area contributed by atoms with E-state index < -0.39 is 5.82 Å². The van der Waals surface area contributed by atoms with Gasteiger partial charge >= 0.3 is 0 Å². The monoisotopic (exact) mass is 353 g/mol. The topological polar surface area (TPSA) is 91.4 Å². The predicted molar refractivity (Wildman–Crippen MR) is 70.1 cm³/mol. The van der Waals surface area contributed by atoms with Gasteiger partial charge in [-0.1, -0.05) is 0 Å². The van der Waals surface area contributed by atoms with Gasteiger partial charge in [-0.2, -0.15) is 10.5 Å². The molecular formula is C11H5FIN5. The molecule has 0 spiro atoms. The molecule has 0 radical (unpaired) electrons. The Hall–Kier alpha value is -2.13. The summed E-state index contributed by atoms with van der Waals surface area (Å²) in [5.74, 6) is -0.448. The van der Waals surface area contributed by atoms with E-state index in [2.05, 4.69) is 4.98 Å². The lowest BCUT2D eigenvalue weighted by Crippen LogP contribution is -2.03. The van der Waals surface area contributed by atoms with Crippen LogP contribution in [-0.4, -0.2) is 9.55 Å². The molecule has 0 fully saturated rings. The molecule has 0 aliphatic carbocycles. The molecule has 2 rings (SSSR count). The molecule has 1 heterocycles. The minimum absolute atomic E-state index is 0.0177. The quantitative estimate of drug-likeness (QED) is 0.627. The molecule has 1 aromatic heterocycles. The summed E-state index contributed by atoms with van der Waals surface area (Å²) in [6.07, 6.45) is 1.27. The van der Waals surface area contributed by atoms with Crippen LogP contribution in [0.5, 0.6) is 0 Å². The van der Waals surface area contributed by atoms with Gasteiger partial charge in [0.25, 0.3) is 0 Å². The highest BCUT2D eigenvalue weighted by Crippen LogP contribution is 2.24. The van der Waals surface area contributed by atoms with Crippen molar-refractivity contribution in [2.24, 2.45) is 0 Å². The van der Waals surface area contributed by atoms with Crippen LogP contribution in [0.3, 0.4) is 0 Å². The van der Waals surface area contributed by atoms with Crippen molar-refractivity contribution in [1.29, 1.82) is 10.5 Å². The first kappa shape index (κ1) is 12.3. The Morgan fingerprint density at radius 2 is 2.06 bits per heavy atom. The van der Waals surface area contributed by atoms with Gasteiger partial charge in [0.2, 0.25) is 0 Å². The van der Waals surface area contributed by atoms with Crippen LogP contribution < -0.4 is 5.73 Å². The number of nitrogens with zero attached hydrogens (tertiary/aromatic N) is 4. The number of hydrogen-bond donors (Lipinski definition) is 1. The maximum absolute atomic E-state index is 13.5. The lowest BCUT2D eigenvalue weighted by atomic mass is 10.2. The average Bonchev–Trinajstić information content (AvgIpc) is 2.76. The number of benzene rings is 1. The normalized spacial score (nSPS) is 9.78. The summed E-state index contributed by atoms with van der Waals surface area (Å²) in [7, 11) is 0. The maximum Gasteiger partial charge on any atom is 0.177 e. The summed E-state index contributed by atoms with van der Waals surface area (Å²) in [6.45, 7) is 0. The summed E-state index contributed by atoms with van der Waals surface area (Å²) >= 11 is 1.82. The van der Waals surface area contributed by atoms with Crippen LogP contribution in [0.4, 0.5) is 10.1 Å². The van der Waals surface area contributed by atoms with Crippen LogP contribution in [0.2, 0.25) is 0 Å². The molecule has 0 saturated heterocycles. The van der Waals surface area contributed by atoms with E-state index in [1.165, 1.54) is 23.0 Å². The molecule has 5 nitrogen and oxygen atoms in total. The number of nitrogen functional groups attached to an aromatic ring is 1. The van der Waals surface area contributed by atoms with Crippen LogP contribution in [0, 0.1) is 32.0 Å². The Morgan fingerprint density at radius 1 is 1.33 bits per heavy atom. The fourth-order valence-electron chi connectivity index (χ4n) is 1.48. The molecule has 2 aromatic rings. The molecule has 0 saturated carbocycles. The van der Waals surface area contributed by atoms with E-state index >= 15 is 0 Å². The van der Waals surface area contributed by atoms with Gasteiger partial charge in [-0.05, 0) is 28.7 Å².